The first-order valence-corrected chi connectivity index (χ1v) is 9.53. The molecule has 1 aromatic rings. The summed E-state index contributed by atoms with van der Waals surface area (Å²) in [4.78, 5) is 27.9. The van der Waals surface area contributed by atoms with E-state index < -0.39 is 12.0 Å². The number of piperazine rings is 1. The fraction of sp³-hybridized carbons (Fsp3) is 0.600. The van der Waals surface area contributed by atoms with Crippen molar-refractivity contribution < 1.29 is 19.4 Å². The summed E-state index contributed by atoms with van der Waals surface area (Å²) in [5.74, 6) is -0.106. The summed E-state index contributed by atoms with van der Waals surface area (Å²) in [5, 5.41) is 12.2. The summed E-state index contributed by atoms with van der Waals surface area (Å²) < 4.78 is 5.18. The molecular formula is C20H31N3O4. The van der Waals surface area contributed by atoms with Crippen LogP contribution in [0.4, 0.5) is 0 Å². The first kappa shape index (κ1) is 21.2. The number of carbonyl (C=O) groups excluding carboxylic acids is 1. The third-order valence-electron chi connectivity index (χ3n) is 5.24. The number of hydrogen-bond donors (Lipinski definition) is 2. The number of methoxy groups -OCH3 is 1. The Hall–Kier alpha value is -2.12. The molecule has 27 heavy (non-hydrogen) atoms. The van der Waals surface area contributed by atoms with Gasteiger partial charge in [0, 0.05) is 32.7 Å². The van der Waals surface area contributed by atoms with Crippen LogP contribution >= 0.6 is 0 Å². The number of carbonyl (C=O) groups is 2. The largest absolute Gasteiger partial charge is 0.497 e. The van der Waals surface area contributed by atoms with Gasteiger partial charge in [-0.15, -0.1) is 0 Å². The van der Waals surface area contributed by atoms with Gasteiger partial charge in [0.15, 0.2) is 0 Å². The van der Waals surface area contributed by atoms with E-state index in [9.17, 15) is 14.7 Å². The normalized spacial score (nSPS) is 17.4. The van der Waals surface area contributed by atoms with Crippen LogP contribution in [0.25, 0.3) is 0 Å². The van der Waals surface area contributed by atoms with E-state index in [0.717, 1.165) is 31.8 Å². The topological polar surface area (TPSA) is 82.1 Å². The average molecular weight is 377 g/mol. The van der Waals surface area contributed by atoms with Gasteiger partial charge in [-0.05, 0) is 23.6 Å². The van der Waals surface area contributed by atoms with Crippen molar-refractivity contribution in [1.82, 2.24) is 15.1 Å². The van der Waals surface area contributed by atoms with Crippen LogP contribution in [0.3, 0.4) is 0 Å². The molecule has 2 atom stereocenters. The Labute approximate surface area is 161 Å². The van der Waals surface area contributed by atoms with Gasteiger partial charge in [-0.3, -0.25) is 19.8 Å². The number of carboxylic acid groups (broad SMARTS) is 1. The molecule has 2 N–H and O–H groups in total. The lowest BCUT2D eigenvalue weighted by atomic mass is 9.99. The van der Waals surface area contributed by atoms with Crippen LogP contribution in [0.5, 0.6) is 5.75 Å². The molecule has 1 saturated heterocycles. The number of rotatable bonds is 9. The molecule has 0 saturated carbocycles. The van der Waals surface area contributed by atoms with E-state index in [4.69, 9.17) is 4.74 Å². The lowest BCUT2D eigenvalue weighted by Crippen LogP contribution is -2.52. The number of nitrogens with one attached hydrogen (secondary N) is 1. The third-order valence-corrected chi connectivity index (χ3v) is 5.24. The van der Waals surface area contributed by atoms with E-state index in [-0.39, 0.29) is 18.4 Å². The van der Waals surface area contributed by atoms with Crippen molar-refractivity contribution in [3.05, 3.63) is 29.8 Å². The van der Waals surface area contributed by atoms with Crippen molar-refractivity contribution in [2.45, 2.75) is 32.9 Å². The van der Waals surface area contributed by atoms with E-state index in [2.05, 4.69) is 22.3 Å². The molecule has 7 nitrogen and oxygen atoms in total. The van der Waals surface area contributed by atoms with E-state index in [0.29, 0.717) is 13.1 Å². The van der Waals surface area contributed by atoms with Crippen LogP contribution in [0, 0.1) is 5.92 Å². The Balaban J connectivity index is 1.77. The minimum Gasteiger partial charge on any atom is -0.497 e. The number of ether oxygens (including phenoxy) is 1. The average Bonchev–Trinajstić information content (AvgIpc) is 2.68. The van der Waals surface area contributed by atoms with Crippen molar-refractivity contribution in [2.75, 3.05) is 39.8 Å². The van der Waals surface area contributed by atoms with Crippen LogP contribution < -0.4 is 10.1 Å². The molecule has 1 aliphatic heterocycles. The molecule has 1 amide bonds. The quantitative estimate of drug-likeness (QED) is 0.678. The molecule has 7 heteroatoms. The van der Waals surface area contributed by atoms with Crippen molar-refractivity contribution >= 4 is 11.9 Å². The summed E-state index contributed by atoms with van der Waals surface area (Å²) in [6.45, 7) is 7.70. The van der Waals surface area contributed by atoms with E-state index in [1.54, 1.807) is 7.11 Å². The SMILES string of the molecule is CC[C@H](C)[C@H](NCC(=O)N1CCN(Cc2ccc(OC)cc2)CC1)C(=O)O. The Morgan fingerprint density at radius 3 is 2.33 bits per heavy atom. The number of carboxylic acids is 1. The second-order valence-electron chi connectivity index (χ2n) is 7.09. The number of nitrogens with zero attached hydrogens (tertiary/aromatic N) is 2. The molecular weight excluding hydrogens is 346 g/mol. The maximum absolute atomic E-state index is 12.4. The summed E-state index contributed by atoms with van der Waals surface area (Å²) in [6, 6.07) is 7.34. The molecule has 1 aromatic carbocycles. The first-order chi connectivity index (χ1) is 12.9. The van der Waals surface area contributed by atoms with Crippen LogP contribution in [-0.2, 0) is 16.1 Å². The minimum absolute atomic E-state index is 0.0170. The molecule has 1 heterocycles. The fourth-order valence-corrected chi connectivity index (χ4v) is 3.22. The van der Waals surface area contributed by atoms with E-state index in [1.165, 1.54) is 5.56 Å². The maximum atomic E-state index is 12.4. The molecule has 0 spiro atoms. The molecule has 1 fully saturated rings. The van der Waals surface area contributed by atoms with Crippen LogP contribution in [0.1, 0.15) is 25.8 Å². The van der Waals surface area contributed by atoms with Crippen molar-refractivity contribution in [1.29, 1.82) is 0 Å². The Bertz CT molecular complexity index is 612. The maximum Gasteiger partial charge on any atom is 0.320 e. The number of amides is 1. The summed E-state index contributed by atoms with van der Waals surface area (Å²) >= 11 is 0. The van der Waals surface area contributed by atoms with Crippen molar-refractivity contribution in [2.24, 2.45) is 5.92 Å². The summed E-state index contributed by atoms with van der Waals surface area (Å²) in [5.41, 5.74) is 1.22. The minimum atomic E-state index is -0.901. The van der Waals surface area contributed by atoms with Gasteiger partial charge in [0.2, 0.25) is 5.91 Å². The Kier molecular flexibility index (Phi) is 8.06. The smallest absolute Gasteiger partial charge is 0.320 e. The van der Waals surface area contributed by atoms with Crippen LogP contribution in [0.15, 0.2) is 24.3 Å². The molecule has 0 unspecified atom stereocenters. The fourth-order valence-electron chi connectivity index (χ4n) is 3.22. The molecule has 2 rings (SSSR count). The van der Waals surface area contributed by atoms with Crippen LogP contribution in [0.2, 0.25) is 0 Å². The predicted octanol–water partition coefficient (Wildman–Crippen LogP) is 1.43. The number of hydrogen-bond acceptors (Lipinski definition) is 5. The molecule has 0 aromatic heterocycles. The van der Waals surface area contributed by atoms with E-state index in [1.807, 2.05) is 30.9 Å². The Morgan fingerprint density at radius 2 is 1.81 bits per heavy atom. The predicted molar refractivity (Wildman–Crippen MR) is 104 cm³/mol. The van der Waals surface area contributed by atoms with Gasteiger partial charge in [0.1, 0.15) is 11.8 Å². The molecule has 0 radical (unpaired) electrons. The van der Waals surface area contributed by atoms with Crippen molar-refractivity contribution in [3.8, 4) is 5.75 Å². The highest BCUT2D eigenvalue weighted by Crippen LogP contribution is 2.14. The second kappa shape index (κ2) is 10.3. The summed E-state index contributed by atoms with van der Waals surface area (Å²) in [7, 11) is 1.65. The Morgan fingerprint density at radius 1 is 1.19 bits per heavy atom. The highest BCUT2D eigenvalue weighted by molar-refractivity contribution is 5.80. The molecule has 150 valence electrons. The lowest BCUT2D eigenvalue weighted by molar-refractivity contribution is -0.141. The monoisotopic (exact) mass is 377 g/mol. The van der Waals surface area contributed by atoms with Gasteiger partial charge in [-0.2, -0.15) is 0 Å². The molecule has 0 aliphatic carbocycles. The summed E-state index contributed by atoms with van der Waals surface area (Å²) in [6.07, 6.45) is 0.752. The van der Waals surface area contributed by atoms with Gasteiger partial charge < -0.3 is 14.7 Å². The van der Waals surface area contributed by atoms with Gasteiger partial charge >= 0.3 is 5.97 Å². The van der Waals surface area contributed by atoms with Crippen LogP contribution in [-0.4, -0.2) is 72.7 Å². The second-order valence-corrected chi connectivity index (χ2v) is 7.09. The van der Waals surface area contributed by atoms with E-state index >= 15 is 0 Å². The lowest BCUT2D eigenvalue weighted by Gasteiger charge is -2.35. The number of aliphatic carboxylic acids is 1. The highest BCUT2D eigenvalue weighted by Gasteiger charge is 2.26. The highest BCUT2D eigenvalue weighted by atomic mass is 16.5. The zero-order valence-corrected chi connectivity index (χ0v) is 16.5. The first-order valence-electron chi connectivity index (χ1n) is 9.53. The molecule has 1 aliphatic rings. The van der Waals surface area contributed by atoms with Gasteiger partial charge in [-0.1, -0.05) is 32.4 Å². The molecule has 0 bridgehead atoms. The standard InChI is InChI=1S/C20H31N3O4/c1-4-15(2)19(20(25)26)21-13-18(24)23-11-9-22(10-12-23)14-16-5-7-17(27-3)8-6-16/h5-8,15,19,21H,4,9-14H2,1-3H3,(H,25,26)/t15-,19-/m0/s1. The van der Waals surface area contributed by atoms with Gasteiger partial charge in [-0.25, -0.2) is 0 Å². The zero-order chi connectivity index (χ0) is 19.8. The van der Waals surface area contributed by atoms with Gasteiger partial charge in [0.25, 0.3) is 0 Å². The number of benzene rings is 1. The zero-order valence-electron chi connectivity index (χ0n) is 16.5. The third kappa shape index (κ3) is 6.22. The van der Waals surface area contributed by atoms with Gasteiger partial charge in [0.05, 0.1) is 13.7 Å². The van der Waals surface area contributed by atoms with Crippen molar-refractivity contribution in [3.63, 3.8) is 0 Å².